The second kappa shape index (κ2) is 3.28. The standard InChI is InChI=1S/C10H9FN2O/c11-9-2-1-3-10(8(9)4-12)13-5-7(14)6-13/h1-3,7,14H,5-6H2. The number of aliphatic hydroxyl groups is 1. The van der Waals surface area contributed by atoms with E-state index in [1.807, 2.05) is 6.07 Å². The number of nitrogens with zero attached hydrogens (tertiary/aromatic N) is 2. The van der Waals surface area contributed by atoms with Gasteiger partial charge in [-0.2, -0.15) is 5.26 Å². The van der Waals surface area contributed by atoms with Crippen LogP contribution >= 0.6 is 0 Å². The van der Waals surface area contributed by atoms with E-state index in [0.717, 1.165) is 0 Å². The summed E-state index contributed by atoms with van der Waals surface area (Å²) in [4.78, 5) is 1.78. The van der Waals surface area contributed by atoms with Gasteiger partial charge in [0.05, 0.1) is 11.8 Å². The number of hydrogen-bond donors (Lipinski definition) is 1. The first-order valence-electron chi connectivity index (χ1n) is 4.34. The molecule has 0 unspecified atom stereocenters. The summed E-state index contributed by atoms with van der Waals surface area (Å²) in [6, 6.07) is 6.35. The van der Waals surface area contributed by atoms with Gasteiger partial charge < -0.3 is 10.0 Å². The Morgan fingerprint density at radius 3 is 2.79 bits per heavy atom. The molecule has 0 aliphatic carbocycles. The molecule has 0 amide bonds. The third-order valence-corrected chi connectivity index (χ3v) is 2.31. The predicted molar refractivity (Wildman–Crippen MR) is 49.3 cm³/mol. The first-order chi connectivity index (χ1) is 6.72. The number of aliphatic hydroxyl groups excluding tert-OH is 1. The van der Waals surface area contributed by atoms with E-state index in [-0.39, 0.29) is 11.7 Å². The molecule has 4 heteroatoms. The van der Waals surface area contributed by atoms with Crippen LogP contribution in [0.25, 0.3) is 0 Å². The minimum Gasteiger partial charge on any atom is -0.389 e. The van der Waals surface area contributed by atoms with Crippen molar-refractivity contribution in [1.82, 2.24) is 0 Å². The van der Waals surface area contributed by atoms with Crippen molar-refractivity contribution in [2.75, 3.05) is 18.0 Å². The smallest absolute Gasteiger partial charge is 0.143 e. The summed E-state index contributed by atoms with van der Waals surface area (Å²) in [6.45, 7) is 0.941. The molecule has 0 spiro atoms. The molecule has 1 aromatic rings. The second-order valence-corrected chi connectivity index (χ2v) is 3.30. The van der Waals surface area contributed by atoms with Gasteiger partial charge in [-0.25, -0.2) is 4.39 Å². The number of β-amino-alcohol motifs (C(OH)–C–C–N with tert-alkyl or cyclic N) is 1. The summed E-state index contributed by atoms with van der Waals surface area (Å²) in [5.74, 6) is -0.508. The molecule has 14 heavy (non-hydrogen) atoms. The highest BCUT2D eigenvalue weighted by Crippen LogP contribution is 2.26. The Hall–Kier alpha value is -1.60. The SMILES string of the molecule is N#Cc1c(F)cccc1N1CC(O)C1. The quantitative estimate of drug-likeness (QED) is 0.718. The Morgan fingerprint density at radius 1 is 1.50 bits per heavy atom. The van der Waals surface area contributed by atoms with E-state index >= 15 is 0 Å². The molecule has 72 valence electrons. The van der Waals surface area contributed by atoms with Crippen LogP contribution in [0.15, 0.2) is 18.2 Å². The van der Waals surface area contributed by atoms with Crippen molar-refractivity contribution in [3.63, 3.8) is 0 Å². The maximum absolute atomic E-state index is 13.2. The molecule has 1 aromatic carbocycles. The highest BCUT2D eigenvalue weighted by molar-refractivity contribution is 5.61. The van der Waals surface area contributed by atoms with Crippen LogP contribution < -0.4 is 4.90 Å². The van der Waals surface area contributed by atoms with Crippen molar-refractivity contribution in [1.29, 1.82) is 5.26 Å². The second-order valence-electron chi connectivity index (χ2n) is 3.30. The lowest BCUT2D eigenvalue weighted by molar-refractivity contribution is 0.142. The van der Waals surface area contributed by atoms with Crippen LogP contribution in [-0.2, 0) is 0 Å². The van der Waals surface area contributed by atoms with Crippen molar-refractivity contribution >= 4 is 5.69 Å². The molecule has 1 fully saturated rings. The van der Waals surface area contributed by atoms with Gasteiger partial charge in [-0.1, -0.05) is 6.07 Å². The molecule has 0 aromatic heterocycles. The molecule has 0 bridgehead atoms. The highest BCUT2D eigenvalue weighted by Gasteiger charge is 2.27. The largest absolute Gasteiger partial charge is 0.389 e. The van der Waals surface area contributed by atoms with Crippen molar-refractivity contribution in [2.45, 2.75) is 6.10 Å². The van der Waals surface area contributed by atoms with Gasteiger partial charge in [-0.3, -0.25) is 0 Å². The number of benzene rings is 1. The van der Waals surface area contributed by atoms with E-state index in [9.17, 15) is 4.39 Å². The fourth-order valence-corrected chi connectivity index (χ4v) is 1.54. The van der Waals surface area contributed by atoms with Gasteiger partial charge in [0.15, 0.2) is 0 Å². The number of halogens is 1. The Balaban J connectivity index is 2.34. The minimum atomic E-state index is -0.508. The van der Waals surface area contributed by atoms with Crippen LogP contribution in [0.5, 0.6) is 0 Å². The fraction of sp³-hybridized carbons (Fsp3) is 0.300. The topological polar surface area (TPSA) is 47.3 Å². The monoisotopic (exact) mass is 192 g/mol. The van der Waals surface area contributed by atoms with Crippen LogP contribution in [0.1, 0.15) is 5.56 Å². The molecular formula is C10H9FN2O. The highest BCUT2D eigenvalue weighted by atomic mass is 19.1. The first kappa shape index (κ1) is 8.97. The summed E-state index contributed by atoms with van der Waals surface area (Å²) in [5.41, 5.74) is 0.622. The summed E-state index contributed by atoms with van der Waals surface area (Å²) >= 11 is 0. The van der Waals surface area contributed by atoms with Crippen LogP contribution in [0, 0.1) is 17.1 Å². The van der Waals surface area contributed by atoms with E-state index in [1.165, 1.54) is 6.07 Å². The third-order valence-electron chi connectivity index (χ3n) is 2.31. The van der Waals surface area contributed by atoms with E-state index in [1.54, 1.807) is 17.0 Å². The Bertz CT molecular complexity index is 394. The summed E-state index contributed by atoms with van der Waals surface area (Å²) < 4.78 is 13.2. The molecule has 1 N–H and O–H groups in total. The zero-order valence-corrected chi connectivity index (χ0v) is 7.44. The van der Waals surface area contributed by atoms with Gasteiger partial charge in [0, 0.05) is 13.1 Å². The van der Waals surface area contributed by atoms with E-state index in [2.05, 4.69) is 0 Å². The molecular weight excluding hydrogens is 183 g/mol. The maximum atomic E-state index is 13.2. The lowest BCUT2D eigenvalue weighted by atomic mass is 10.1. The molecule has 3 nitrogen and oxygen atoms in total. The van der Waals surface area contributed by atoms with Crippen molar-refractivity contribution < 1.29 is 9.50 Å². The van der Waals surface area contributed by atoms with Gasteiger partial charge >= 0.3 is 0 Å². The van der Waals surface area contributed by atoms with E-state index in [0.29, 0.717) is 18.8 Å². The average Bonchev–Trinajstić information content (AvgIpc) is 2.13. The third kappa shape index (κ3) is 1.32. The summed E-state index contributed by atoms with van der Waals surface area (Å²) in [5, 5.41) is 17.8. The summed E-state index contributed by atoms with van der Waals surface area (Å²) in [6.07, 6.45) is -0.357. The molecule has 1 heterocycles. The number of nitriles is 1. The zero-order valence-electron chi connectivity index (χ0n) is 7.44. The van der Waals surface area contributed by atoms with Gasteiger partial charge in [-0.15, -0.1) is 0 Å². The fourth-order valence-electron chi connectivity index (χ4n) is 1.54. The molecule has 1 aliphatic rings. The van der Waals surface area contributed by atoms with Crippen LogP contribution in [0.2, 0.25) is 0 Å². The van der Waals surface area contributed by atoms with Gasteiger partial charge in [-0.05, 0) is 12.1 Å². The molecule has 0 radical (unpaired) electrons. The van der Waals surface area contributed by atoms with Gasteiger partial charge in [0.25, 0.3) is 0 Å². The normalized spacial score (nSPS) is 16.2. The Kier molecular flexibility index (Phi) is 2.10. The maximum Gasteiger partial charge on any atom is 0.143 e. The number of anilines is 1. The average molecular weight is 192 g/mol. The first-order valence-corrected chi connectivity index (χ1v) is 4.34. The molecule has 2 rings (SSSR count). The Labute approximate surface area is 81.0 Å². The van der Waals surface area contributed by atoms with Crippen molar-refractivity contribution in [2.24, 2.45) is 0 Å². The molecule has 0 saturated carbocycles. The van der Waals surface area contributed by atoms with Gasteiger partial charge in [0.2, 0.25) is 0 Å². The van der Waals surface area contributed by atoms with E-state index in [4.69, 9.17) is 10.4 Å². The van der Waals surface area contributed by atoms with Gasteiger partial charge in [0.1, 0.15) is 17.4 Å². The lowest BCUT2D eigenvalue weighted by Gasteiger charge is -2.38. The number of rotatable bonds is 1. The van der Waals surface area contributed by atoms with Crippen LogP contribution in [0.3, 0.4) is 0 Å². The molecule has 0 atom stereocenters. The van der Waals surface area contributed by atoms with Crippen molar-refractivity contribution in [3.8, 4) is 6.07 Å². The summed E-state index contributed by atoms with van der Waals surface area (Å²) in [7, 11) is 0. The van der Waals surface area contributed by atoms with Crippen molar-refractivity contribution in [3.05, 3.63) is 29.6 Å². The predicted octanol–water partition coefficient (Wildman–Crippen LogP) is 0.878. The lowest BCUT2D eigenvalue weighted by Crippen LogP contribution is -2.51. The Morgan fingerprint density at radius 2 is 2.21 bits per heavy atom. The number of hydrogen-bond acceptors (Lipinski definition) is 3. The zero-order chi connectivity index (χ0) is 10.1. The molecule has 1 saturated heterocycles. The van der Waals surface area contributed by atoms with E-state index < -0.39 is 5.82 Å². The van der Waals surface area contributed by atoms with Crippen LogP contribution in [0.4, 0.5) is 10.1 Å². The van der Waals surface area contributed by atoms with Crippen LogP contribution in [-0.4, -0.2) is 24.3 Å². The molecule has 1 aliphatic heterocycles. The minimum absolute atomic E-state index is 0.0550.